The van der Waals surface area contributed by atoms with Crippen molar-refractivity contribution >= 4 is 10.0 Å². The van der Waals surface area contributed by atoms with Gasteiger partial charge in [0, 0.05) is 5.92 Å². The Morgan fingerprint density at radius 3 is 2.44 bits per heavy atom. The van der Waals surface area contributed by atoms with E-state index in [0.29, 0.717) is 5.92 Å². The van der Waals surface area contributed by atoms with Crippen LogP contribution in [-0.4, -0.2) is 23.5 Å². The lowest BCUT2D eigenvalue weighted by atomic mass is 9.77. The second kappa shape index (κ2) is 6.60. The number of terminal acetylenes is 1. The minimum absolute atomic E-state index is 0.310. The van der Waals surface area contributed by atoms with Crippen LogP contribution >= 0.6 is 10.0 Å². The van der Waals surface area contributed by atoms with E-state index in [1.807, 2.05) is 0 Å². The summed E-state index contributed by atoms with van der Waals surface area (Å²) in [6, 6.07) is 0. The average Bonchev–Trinajstić information content (AvgIpc) is 2.23. The first-order valence-electron chi connectivity index (χ1n) is 6.81. The molecule has 1 aliphatic rings. The van der Waals surface area contributed by atoms with Gasteiger partial charge in [0.2, 0.25) is 0 Å². The van der Waals surface area contributed by atoms with Crippen LogP contribution in [0.3, 0.4) is 0 Å². The van der Waals surface area contributed by atoms with Gasteiger partial charge in [-0.15, -0.1) is 12.3 Å². The second-order valence-electron chi connectivity index (χ2n) is 5.55. The minimum atomic E-state index is -0.310. The van der Waals surface area contributed by atoms with E-state index in [2.05, 4.69) is 26.0 Å². The Morgan fingerprint density at radius 1 is 1.25 bits per heavy atom. The molecule has 16 heavy (non-hydrogen) atoms. The van der Waals surface area contributed by atoms with Crippen LogP contribution in [0.15, 0.2) is 0 Å². The van der Waals surface area contributed by atoms with Gasteiger partial charge in [0.05, 0.1) is 0 Å². The molecule has 0 aromatic carbocycles. The second-order valence-corrected chi connectivity index (χ2v) is 9.82. The van der Waals surface area contributed by atoms with Crippen LogP contribution in [0.4, 0.5) is 0 Å². The van der Waals surface area contributed by atoms with Crippen LogP contribution in [0.25, 0.3) is 0 Å². The van der Waals surface area contributed by atoms with Crippen molar-refractivity contribution in [3.63, 3.8) is 0 Å². The third-order valence-electron chi connectivity index (χ3n) is 4.05. The normalized spacial score (nSPS) is 29.9. The molecule has 1 fully saturated rings. The van der Waals surface area contributed by atoms with Crippen molar-refractivity contribution in [3.05, 3.63) is 0 Å². The zero-order valence-electron chi connectivity index (χ0n) is 11.3. The monoisotopic (exact) mass is 240 g/mol. The molecule has 94 valence electrons. The Labute approximate surface area is 104 Å². The van der Waals surface area contributed by atoms with E-state index in [1.165, 1.54) is 49.4 Å². The van der Waals surface area contributed by atoms with E-state index >= 15 is 0 Å². The van der Waals surface area contributed by atoms with Crippen molar-refractivity contribution in [2.24, 2.45) is 11.8 Å². The van der Waals surface area contributed by atoms with E-state index < -0.39 is 0 Å². The van der Waals surface area contributed by atoms with Crippen LogP contribution < -0.4 is 0 Å². The first-order valence-corrected chi connectivity index (χ1v) is 9.36. The predicted molar refractivity (Wildman–Crippen MR) is 78.4 cm³/mol. The average molecular weight is 240 g/mol. The summed E-state index contributed by atoms with van der Waals surface area (Å²) in [6.45, 7) is 4.68. The Balaban J connectivity index is 2.27. The van der Waals surface area contributed by atoms with Gasteiger partial charge in [0.1, 0.15) is 0 Å². The molecule has 1 unspecified atom stereocenters. The third-order valence-corrected chi connectivity index (χ3v) is 7.99. The number of hydrogen-bond donors (Lipinski definition) is 0. The summed E-state index contributed by atoms with van der Waals surface area (Å²) in [6.07, 6.45) is 14.8. The highest BCUT2D eigenvalue weighted by Crippen LogP contribution is 2.50. The standard InChI is InChI=1S/C15H28S/c1-5-8-9-10-16(4,7-3)13-15-11-14(6-2)12-15/h2,14-15H,5,7-13H2,1,3-4H3. The van der Waals surface area contributed by atoms with Crippen LogP contribution in [0.2, 0.25) is 0 Å². The first kappa shape index (κ1) is 14.0. The van der Waals surface area contributed by atoms with Gasteiger partial charge < -0.3 is 0 Å². The minimum Gasteiger partial charge on any atom is -0.244 e. The van der Waals surface area contributed by atoms with E-state index in [4.69, 9.17) is 6.42 Å². The molecule has 1 saturated carbocycles. The molecule has 0 heterocycles. The van der Waals surface area contributed by atoms with Gasteiger partial charge in [-0.25, -0.2) is 10.0 Å². The first-order chi connectivity index (χ1) is 7.63. The molecule has 0 nitrogen and oxygen atoms in total. The van der Waals surface area contributed by atoms with Crippen molar-refractivity contribution in [2.45, 2.75) is 46.0 Å². The van der Waals surface area contributed by atoms with Gasteiger partial charge in [-0.3, -0.25) is 0 Å². The lowest BCUT2D eigenvalue weighted by molar-refractivity contribution is 0.277. The highest BCUT2D eigenvalue weighted by Gasteiger charge is 2.31. The van der Waals surface area contributed by atoms with Gasteiger partial charge >= 0.3 is 0 Å². The fraction of sp³-hybridized carbons (Fsp3) is 0.867. The zero-order chi connectivity index (χ0) is 12.0. The Morgan fingerprint density at radius 2 is 1.94 bits per heavy atom. The highest BCUT2D eigenvalue weighted by molar-refractivity contribution is 8.33. The molecule has 0 aromatic heterocycles. The molecule has 0 amide bonds. The van der Waals surface area contributed by atoms with Gasteiger partial charge in [-0.05, 0) is 48.7 Å². The number of unbranched alkanes of at least 4 members (excludes halogenated alkanes) is 2. The molecular formula is C15H28S. The lowest BCUT2D eigenvalue weighted by Crippen LogP contribution is -2.29. The van der Waals surface area contributed by atoms with Crippen LogP contribution in [0.5, 0.6) is 0 Å². The molecule has 0 radical (unpaired) electrons. The molecule has 0 bridgehead atoms. The van der Waals surface area contributed by atoms with Crippen LogP contribution in [0.1, 0.15) is 46.0 Å². The zero-order valence-corrected chi connectivity index (χ0v) is 12.1. The molecule has 1 heteroatoms. The smallest absolute Gasteiger partial charge is 0.0206 e. The number of rotatable bonds is 7. The molecule has 0 aromatic rings. The maximum absolute atomic E-state index is 5.45. The fourth-order valence-electron chi connectivity index (χ4n) is 2.62. The van der Waals surface area contributed by atoms with Crippen molar-refractivity contribution in [2.75, 3.05) is 23.5 Å². The predicted octanol–water partition coefficient (Wildman–Crippen LogP) is 4.29. The summed E-state index contributed by atoms with van der Waals surface area (Å²) >= 11 is 0. The van der Waals surface area contributed by atoms with Gasteiger partial charge in [-0.1, -0.05) is 26.7 Å². The van der Waals surface area contributed by atoms with E-state index in [1.54, 1.807) is 0 Å². The lowest BCUT2D eigenvalue weighted by Gasteiger charge is -2.43. The van der Waals surface area contributed by atoms with Crippen molar-refractivity contribution in [3.8, 4) is 12.3 Å². The fourth-order valence-corrected chi connectivity index (χ4v) is 5.63. The molecule has 0 N–H and O–H groups in total. The maximum atomic E-state index is 5.45. The van der Waals surface area contributed by atoms with E-state index in [-0.39, 0.29) is 10.0 Å². The molecular weight excluding hydrogens is 212 g/mol. The maximum Gasteiger partial charge on any atom is 0.0206 e. The van der Waals surface area contributed by atoms with Gasteiger partial charge in [0.15, 0.2) is 0 Å². The molecule has 0 aliphatic heterocycles. The molecule has 1 atom stereocenters. The summed E-state index contributed by atoms with van der Waals surface area (Å²) < 4.78 is 0. The topological polar surface area (TPSA) is 0 Å². The highest BCUT2D eigenvalue weighted by atomic mass is 32.3. The largest absolute Gasteiger partial charge is 0.244 e. The van der Waals surface area contributed by atoms with E-state index in [0.717, 1.165) is 5.92 Å². The van der Waals surface area contributed by atoms with Crippen molar-refractivity contribution in [1.29, 1.82) is 0 Å². The molecule has 0 saturated heterocycles. The summed E-state index contributed by atoms with van der Waals surface area (Å²) in [4.78, 5) is 0. The Hall–Kier alpha value is -0.0900. The number of hydrogen-bond acceptors (Lipinski definition) is 0. The summed E-state index contributed by atoms with van der Waals surface area (Å²) in [7, 11) is -0.310. The summed E-state index contributed by atoms with van der Waals surface area (Å²) in [5.74, 6) is 8.87. The quantitative estimate of drug-likeness (QED) is 0.460. The Kier molecular flexibility index (Phi) is 5.76. The molecule has 1 aliphatic carbocycles. The van der Waals surface area contributed by atoms with E-state index in [9.17, 15) is 0 Å². The molecule has 0 spiro atoms. The molecule has 1 rings (SSSR count). The van der Waals surface area contributed by atoms with Gasteiger partial charge in [-0.2, -0.15) is 0 Å². The SMILES string of the molecule is C#CC1CC(CS(C)(CC)CCCCC)C1. The third kappa shape index (κ3) is 4.06. The summed E-state index contributed by atoms with van der Waals surface area (Å²) in [5, 5.41) is 0. The van der Waals surface area contributed by atoms with Crippen molar-refractivity contribution in [1.82, 2.24) is 0 Å². The summed E-state index contributed by atoms with van der Waals surface area (Å²) in [5.41, 5.74) is 0. The van der Waals surface area contributed by atoms with Gasteiger partial charge in [0.25, 0.3) is 0 Å². The Bertz CT molecular complexity index is 234. The van der Waals surface area contributed by atoms with Crippen LogP contribution in [0, 0.1) is 24.2 Å². The van der Waals surface area contributed by atoms with Crippen LogP contribution in [-0.2, 0) is 0 Å². The van der Waals surface area contributed by atoms with Crippen molar-refractivity contribution < 1.29 is 0 Å².